The van der Waals surface area contributed by atoms with Gasteiger partial charge in [0.05, 0.1) is 26.4 Å². The maximum absolute atomic E-state index is 13.1. The quantitative estimate of drug-likeness (QED) is 0.0172. The number of unbranched alkanes of at least 4 members (excludes halogenated alkanes) is 28. The maximum Gasteiger partial charge on any atom is 0.306 e. The number of aliphatic hydroxyl groups excluding tert-OH is 7. The van der Waals surface area contributed by atoms with E-state index >= 15 is 0 Å². The minimum Gasteiger partial charge on any atom is -0.457 e. The van der Waals surface area contributed by atoms with Crippen molar-refractivity contribution in [3.8, 4) is 0 Å². The molecule has 0 spiro atoms. The summed E-state index contributed by atoms with van der Waals surface area (Å²) in [5.74, 6) is -0.381. The average Bonchev–Trinajstić information content (AvgIpc) is 3.46. The number of hydrogen-bond donors (Lipinski definition) is 7. The summed E-state index contributed by atoms with van der Waals surface area (Å²) in [6, 6.07) is 0. The van der Waals surface area contributed by atoms with E-state index in [0.717, 1.165) is 70.6 Å². The highest BCUT2D eigenvalue weighted by molar-refractivity contribution is 5.69. The third-order valence-electron chi connectivity index (χ3n) is 15.0. The standard InChI is InChI=1S/C65H116O14/c1-3-5-7-9-11-13-15-17-19-21-23-25-26-27-29-31-33-35-37-39-41-43-45-47-49-74-51-54(52-75-64-63(73)61(71)59(69)56(79-64)53-76-65-62(72)60(70)58(68)55(50-66)78-65)77-57(67)48-46-44-42-40-38-36-34-32-30-28-24-22-20-18-16-14-12-10-8-6-4-2/h15-18,21-24,26-27,54-56,58-66,68-73H,3-14,19-20,25,28-53H2,1-2H3/b17-15-,18-16-,23-21-,24-22-,27-26-. The molecule has 11 atom stereocenters. The van der Waals surface area contributed by atoms with E-state index in [4.69, 9.17) is 28.4 Å². The number of allylic oxidation sites excluding steroid dienone is 10. The minimum atomic E-state index is -1.71. The van der Waals surface area contributed by atoms with Crippen molar-refractivity contribution in [3.05, 3.63) is 60.8 Å². The summed E-state index contributed by atoms with van der Waals surface area (Å²) in [6.45, 7) is 3.68. The van der Waals surface area contributed by atoms with Gasteiger partial charge in [-0.2, -0.15) is 0 Å². The first kappa shape index (κ1) is 72.8. The molecule has 2 rings (SSSR count). The second kappa shape index (κ2) is 51.3. The molecule has 0 amide bonds. The van der Waals surface area contributed by atoms with Crippen LogP contribution in [0.4, 0.5) is 0 Å². The highest BCUT2D eigenvalue weighted by Crippen LogP contribution is 2.27. The first-order chi connectivity index (χ1) is 38.6. The van der Waals surface area contributed by atoms with E-state index in [-0.39, 0.29) is 25.6 Å². The van der Waals surface area contributed by atoms with Crippen molar-refractivity contribution in [2.75, 3.05) is 33.0 Å². The van der Waals surface area contributed by atoms with Crippen molar-refractivity contribution in [1.82, 2.24) is 0 Å². The molecular formula is C65H116O14. The van der Waals surface area contributed by atoms with Gasteiger partial charge in [-0.25, -0.2) is 0 Å². The maximum atomic E-state index is 13.1. The summed E-state index contributed by atoms with van der Waals surface area (Å²) in [6.07, 6.45) is 48.5. The summed E-state index contributed by atoms with van der Waals surface area (Å²) in [4.78, 5) is 13.1. The Morgan fingerprint density at radius 1 is 0.418 bits per heavy atom. The normalized spacial score (nSPS) is 24.4. The molecule has 0 saturated carbocycles. The largest absolute Gasteiger partial charge is 0.457 e. The fourth-order valence-corrected chi connectivity index (χ4v) is 9.85. The summed E-state index contributed by atoms with van der Waals surface area (Å²) >= 11 is 0. The summed E-state index contributed by atoms with van der Waals surface area (Å²) < 4.78 is 34.5. The second-order valence-electron chi connectivity index (χ2n) is 22.2. The molecule has 0 radical (unpaired) electrons. The van der Waals surface area contributed by atoms with Gasteiger partial charge in [-0.05, 0) is 83.5 Å². The fraction of sp³-hybridized carbons (Fsp3) is 0.831. The first-order valence-corrected chi connectivity index (χ1v) is 31.9. The van der Waals surface area contributed by atoms with Crippen molar-refractivity contribution < 1.29 is 69.0 Å². The van der Waals surface area contributed by atoms with E-state index in [0.29, 0.717) is 13.0 Å². The number of hydrogen-bond acceptors (Lipinski definition) is 14. The molecule has 0 bridgehead atoms. The van der Waals surface area contributed by atoms with Crippen molar-refractivity contribution in [2.24, 2.45) is 0 Å². The third kappa shape index (κ3) is 37.5. The van der Waals surface area contributed by atoms with Crippen molar-refractivity contribution in [3.63, 3.8) is 0 Å². The average molecular weight is 1120 g/mol. The molecule has 460 valence electrons. The molecule has 0 aliphatic carbocycles. The van der Waals surface area contributed by atoms with Crippen LogP contribution >= 0.6 is 0 Å². The van der Waals surface area contributed by atoms with Crippen molar-refractivity contribution in [2.45, 2.75) is 313 Å². The number of esters is 1. The second-order valence-corrected chi connectivity index (χ2v) is 22.2. The van der Waals surface area contributed by atoms with E-state index < -0.39 is 80.7 Å². The smallest absolute Gasteiger partial charge is 0.306 e. The highest BCUT2D eigenvalue weighted by Gasteiger charge is 2.47. The van der Waals surface area contributed by atoms with Crippen LogP contribution in [0.2, 0.25) is 0 Å². The molecule has 7 N–H and O–H groups in total. The molecule has 0 aromatic heterocycles. The predicted octanol–water partition coefficient (Wildman–Crippen LogP) is 12.4. The van der Waals surface area contributed by atoms with Gasteiger partial charge in [0.25, 0.3) is 0 Å². The van der Waals surface area contributed by atoms with Gasteiger partial charge in [0.15, 0.2) is 12.6 Å². The number of rotatable bonds is 52. The molecular weight excluding hydrogens is 1000 g/mol. The van der Waals surface area contributed by atoms with Crippen LogP contribution in [0.3, 0.4) is 0 Å². The molecule has 14 heteroatoms. The Hall–Kier alpha value is -2.31. The molecule has 2 fully saturated rings. The fourth-order valence-electron chi connectivity index (χ4n) is 9.85. The molecule has 2 aliphatic heterocycles. The van der Waals surface area contributed by atoms with Crippen LogP contribution in [0.25, 0.3) is 0 Å². The van der Waals surface area contributed by atoms with Crippen LogP contribution in [0.1, 0.15) is 245 Å². The van der Waals surface area contributed by atoms with Gasteiger partial charge in [-0.3, -0.25) is 4.79 Å². The Morgan fingerprint density at radius 2 is 0.785 bits per heavy atom. The molecule has 14 nitrogen and oxygen atoms in total. The lowest BCUT2D eigenvalue weighted by molar-refractivity contribution is -0.332. The lowest BCUT2D eigenvalue weighted by atomic mass is 9.98. The number of carbonyl (C=O) groups excluding carboxylic acids is 1. The number of carbonyl (C=O) groups is 1. The van der Waals surface area contributed by atoms with E-state index in [1.165, 1.54) is 148 Å². The van der Waals surface area contributed by atoms with Crippen LogP contribution in [-0.2, 0) is 33.2 Å². The van der Waals surface area contributed by atoms with Crippen molar-refractivity contribution in [1.29, 1.82) is 0 Å². The van der Waals surface area contributed by atoms with Crippen LogP contribution < -0.4 is 0 Å². The monoisotopic (exact) mass is 1120 g/mol. The van der Waals surface area contributed by atoms with Crippen LogP contribution in [-0.4, -0.2) is 142 Å². The Morgan fingerprint density at radius 3 is 1.23 bits per heavy atom. The van der Waals surface area contributed by atoms with E-state index in [2.05, 4.69) is 74.6 Å². The van der Waals surface area contributed by atoms with E-state index in [1.54, 1.807) is 0 Å². The Balaban J connectivity index is 1.69. The lowest BCUT2D eigenvalue weighted by Crippen LogP contribution is -2.61. The Labute approximate surface area is 479 Å². The number of aliphatic hydroxyl groups is 7. The molecule has 2 aliphatic rings. The first-order valence-electron chi connectivity index (χ1n) is 31.9. The topological polar surface area (TPSA) is 214 Å². The van der Waals surface area contributed by atoms with E-state index in [9.17, 15) is 40.5 Å². The predicted molar refractivity (Wildman–Crippen MR) is 316 cm³/mol. The van der Waals surface area contributed by atoms with Crippen LogP contribution in [0, 0.1) is 0 Å². The molecule has 2 heterocycles. The molecule has 11 unspecified atom stereocenters. The number of ether oxygens (including phenoxy) is 6. The Bertz CT molecular complexity index is 1540. The van der Waals surface area contributed by atoms with Gasteiger partial charge in [-0.1, -0.05) is 216 Å². The van der Waals surface area contributed by atoms with Gasteiger partial charge in [0.2, 0.25) is 0 Å². The van der Waals surface area contributed by atoms with Crippen LogP contribution in [0.5, 0.6) is 0 Å². The van der Waals surface area contributed by atoms with Gasteiger partial charge in [0.1, 0.15) is 54.9 Å². The molecule has 79 heavy (non-hydrogen) atoms. The van der Waals surface area contributed by atoms with Crippen LogP contribution in [0.15, 0.2) is 60.8 Å². The SMILES string of the molecule is CCCCCCC/C=C\C/C=C\C/C=C\CCCCCCCCCCCOCC(COC1OC(COC2OC(CO)C(O)C(O)C2O)C(O)C(O)C1O)OC(=O)CCCCCCCCCCC/C=C\C/C=C\CCCCCCC. The Kier molecular flexibility index (Phi) is 47.3. The lowest BCUT2D eigenvalue weighted by Gasteiger charge is -2.42. The zero-order valence-corrected chi connectivity index (χ0v) is 49.6. The van der Waals surface area contributed by atoms with Gasteiger partial charge < -0.3 is 64.2 Å². The third-order valence-corrected chi connectivity index (χ3v) is 15.0. The molecule has 2 saturated heterocycles. The zero-order chi connectivity index (χ0) is 57.2. The molecule has 0 aromatic rings. The zero-order valence-electron chi connectivity index (χ0n) is 49.6. The van der Waals surface area contributed by atoms with Gasteiger partial charge >= 0.3 is 5.97 Å². The summed E-state index contributed by atoms with van der Waals surface area (Å²) in [7, 11) is 0. The summed E-state index contributed by atoms with van der Waals surface area (Å²) in [5.41, 5.74) is 0. The molecule has 0 aromatic carbocycles. The van der Waals surface area contributed by atoms with E-state index in [1.807, 2.05) is 0 Å². The minimum absolute atomic E-state index is 0.0547. The highest BCUT2D eigenvalue weighted by atomic mass is 16.7. The van der Waals surface area contributed by atoms with Gasteiger partial charge in [0, 0.05) is 13.0 Å². The van der Waals surface area contributed by atoms with Gasteiger partial charge in [-0.15, -0.1) is 0 Å². The van der Waals surface area contributed by atoms with Crippen molar-refractivity contribution >= 4 is 5.97 Å². The summed E-state index contributed by atoms with van der Waals surface area (Å²) in [5, 5.41) is 72.5.